The second-order valence-corrected chi connectivity index (χ2v) is 5.62. The van der Waals surface area contributed by atoms with E-state index < -0.39 is 5.97 Å². The third-order valence-corrected chi connectivity index (χ3v) is 3.66. The van der Waals surface area contributed by atoms with E-state index in [4.69, 9.17) is 5.11 Å². The summed E-state index contributed by atoms with van der Waals surface area (Å²) in [6.45, 7) is 6.80. The number of hydrogen-bond donors (Lipinski definition) is 1. The lowest BCUT2D eigenvalue weighted by atomic mass is 9.76. The average Bonchev–Trinajstić information content (AvgIpc) is 2.24. The molecule has 0 fully saturated rings. The van der Waals surface area contributed by atoms with Crippen molar-refractivity contribution in [1.29, 1.82) is 0 Å². The molecule has 0 aromatic heterocycles. The summed E-state index contributed by atoms with van der Waals surface area (Å²) in [6.07, 6.45) is 11.2. The number of carbonyl (C=O) groups is 1. The zero-order valence-electron chi connectivity index (χ0n) is 11.9. The largest absolute Gasteiger partial charge is 0.481 e. The van der Waals surface area contributed by atoms with E-state index >= 15 is 0 Å². The van der Waals surface area contributed by atoms with Crippen LogP contribution in [0.15, 0.2) is 0 Å². The SMILES string of the molecule is CCCCCCC(C)(CCC)CCCC(=O)O. The molecule has 0 bridgehead atoms. The first-order valence-electron chi connectivity index (χ1n) is 7.26. The molecule has 102 valence electrons. The first-order chi connectivity index (χ1) is 8.04. The van der Waals surface area contributed by atoms with Crippen molar-refractivity contribution in [1.82, 2.24) is 0 Å². The van der Waals surface area contributed by atoms with Gasteiger partial charge in [-0.05, 0) is 31.1 Å². The Hall–Kier alpha value is -0.530. The van der Waals surface area contributed by atoms with Crippen molar-refractivity contribution >= 4 is 5.97 Å². The summed E-state index contributed by atoms with van der Waals surface area (Å²) in [4.78, 5) is 10.5. The quantitative estimate of drug-likeness (QED) is 0.517. The highest BCUT2D eigenvalue weighted by atomic mass is 16.4. The highest BCUT2D eigenvalue weighted by molar-refractivity contribution is 5.66. The van der Waals surface area contributed by atoms with Gasteiger partial charge in [0, 0.05) is 6.42 Å². The van der Waals surface area contributed by atoms with Crippen LogP contribution in [0.4, 0.5) is 0 Å². The summed E-state index contributed by atoms with van der Waals surface area (Å²) in [5.74, 6) is -0.658. The van der Waals surface area contributed by atoms with Crippen LogP contribution >= 0.6 is 0 Å². The van der Waals surface area contributed by atoms with E-state index in [9.17, 15) is 4.79 Å². The lowest BCUT2D eigenvalue weighted by Gasteiger charge is -2.29. The zero-order valence-corrected chi connectivity index (χ0v) is 11.9. The number of unbranched alkanes of at least 4 members (excludes halogenated alkanes) is 3. The van der Waals surface area contributed by atoms with Crippen molar-refractivity contribution in [2.75, 3.05) is 0 Å². The van der Waals surface area contributed by atoms with E-state index in [2.05, 4.69) is 20.8 Å². The molecule has 0 aliphatic rings. The van der Waals surface area contributed by atoms with Crippen molar-refractivity contribution < 1.29 is 9.90 Å². The molecular formula is C15H30O2. The van der Waals surface area contributed by atoms with Gasteiger partial charge in [0.05, 0.1) is 0 Å². The summed E-state index contributed by atoms with van der Waals surface area (Å²) in [5, 5.41) is 8.69. The molecule has 0 aromatic carbocycles. The van der Waals surface area contributed by atoms with Crippen LogP contribution in [0.25, 0.3) is 0 Å². The minimum Gasteiger partial charge on any atom is -0.481 e. The third-order valence-electron chi connectivity index (χ3n) is 3.66. The van der Waals surface area contributed by atoms with Crippen molar-refractivity contribution in [2.24, 2.45) is 5.41 Å². The molecule has 2 nitrogen and oxygen atoms in total. The Morgan fingerprint density at radius 1 is 0.941 bits per heavy atom. The molecule has 17 heavy (non-hydrogen) atoms. The van der Waals surface area contributed by atoms with Crippen molar-refractivity contribution in [3.8, 4) is 0 Å². The molecule has 0 rings (SSSR count). The Labute approximate surface area is 107 Å². The molecular weight excluding hydrogens is 212 g/mol. The summed E-state index contributed by atoms with van der Waals surface area (Å²) in [5.41, 5.74) is 0.373. The Balaban J connectivity index is 3.92. The summed E-state index contributed by atoms with van der Waals surface area (Å²) < 4.78 is 0. The fourth-order valence-electron chi connectivity index (χ4n) is 2.62. The predicted molar refractivity (Wildman–Crippen MR) is 73.3 cm³/mol. The van der Waals surface area contributed by atoms with Crippen LogP contribution in [0.2, 0.25) is 0 Å². The number of rotatable bonds is 11. The lowest BCUT2D eigenvalue weighted by molar-refractivity contribution is -0.137. The van der Waals surface area contributed by atoms with E-state index in [0.717, 1.165) is 12.8 Å². The predicted octanol–water partition coefficient (Wildman–Crippen LogP) is 5.02. The highest BCUT2D eigenvalue weighted by Crippen LogP contribution is 2.35. The first-order valence-corrected chi connectivity index (χ1v) is 7.26. The highest BCUT2D eigenvalue weighted by Gasteiger charge is 2.22. The minimum absolute atomic E-state index is 0.328. The maximum atomic E-state index is 10.5. The van der Waals surface area contributed by atoms with Crippen molar-refractivity contribution in [3.63, 3.8) is 0 Å². The van der Waals surface area contributed by atoms with Gasteiger partial charge in [0.25, 0.3) is 0 Å². The molecule has 0 spiro atoms. The van der Waals surface area contributed by atoms with Crippen LogP contribution in [0.1, 0.15) is 85.0 Å². The fourth-order valence-corrected chi connectivity index (χ4v) is 2.62. The second-order valence-electron chi connectivity index (χ2n) is 5.62. The Morgan fingerprint density at radius 2 is 1.59 bits per heavy atom. The molecule has 2 heteroatoms. The second kappa shape index (κ2) is 9.49. The monoisotopic (exact) mass is 242 g/mol. The Kier molecular flexibility index (Phi) is 9.20. The van der Waals surface area contributed by atoms with Gasteiger partial charge < -0.3 is 5.11 Å². The van der Waals surface area contributed by atoms with Gasteiger partial charge in [-0.3, -0.25) is 4.79 Å². The first kappa shape index (κ1) is 16.5. The molecule has 0 saturated carbocycles. The van der Waals surface area contributed by atoms with Crippen LogP contribution in [-0.4, -0.2) is 11.1 Å². The molecule has 0 radical (unpaired) electrons. The molecule has 0 aliphatic heterocycles. The summed E-state index contributed by atoms with van der Waals surface area (Å²) in [7, 11) is 0. The molecule has 1 atom stereocenters. The van der Waals surface area contributed by atoms with Gasteiger partial charge in [0.1, 0.15) is 0 Å². The molecule has 0 aliphatic carbocycles. The summed E-state index contributed by atoms with van der Waals surface area (Å²) in [6, 6.07) is 0. The maximum Gasteiger partial charge on any atom is 0.303 e. The molecule has 0 heterocycles. The standard InChI is InChI=1S/C15H30O2/c1-4-6-7-8-12-15(3,11-5-2)13-9-10-14(16)17/h4-13H2,1-3H3,(H,16,17). The van der Waals surface area contributed by atoms with E-state index in [0.29, 0.717) is 11.8 Å². The van der Waals surface area contributed by atoms with Crippen LogP contribution in [0.3, 0.4) is 0 Å². The van der Waals surface area contributed by atoms with Gasteiger partial charge in [0.2, 0.25) is 0 Å². The average molecular weight is 242 g/mol. The number of carboxylic acids is 1. The van der Waals surface area contributed by atoms with Crippen LogP contribution in [-0.2, 0) is 4.79 Å². The third kappa shape index (κ3) is 9.20. The molecule has 0 saturated heterocycles. The van der Waals surface area contributed by atoms with Gasteiger partial charge in [-0.1, -0.05) is 52.9 Å². The van der Waals surface area contributed by atoms with Gasteiger partial charge in [0.15, 0.2) is 0 Å². The van der Waals surface area contributed by atoms with Crippen LogP contribution in [0, 0.1) is 5.41 Å². The van der Waals surface area contributed by atoms with E-state index in [1.807, 2.05) is 0 Å². The fraction of sp³-hybridized carbons (Fsp3) is 0.933. The van der Waals surface area contributed by atoms with Gasteiger partial charge >= 0.3 is 5.97 Å². The van der Waals surface area contributed by atoms with Gasteiger partial charge in [-0.2, -0.15) is 0 Å². The normalized spacial score (nSPS) is 14.5. The number of aliphatic carboxylic acids is 1. The van der Waals surface area contributed by atoms with Crippen molar-refractivity contribution in [2.45, 2.75) is 85.0 Å². The zero-order chi connectivity index (χ0) is 13.1. The molecule has 1 unspecified atom stereocenters. The molecule has 0 aromatic rings. The maximum absolute atomic E-state index is 10.5. The number of hydrogen-bond acceptors (Lipinski definition) is 1. The summed E-state index contributed by atoms with van der Waals surface area (Å²) >= 11 is 0. The van der Waals surface area contributed by atoms with Crippen molar-refractivity contribution in [3.05, 3.63) is 0 Å². The van der Waals surface area contributed by atoms with Gasteiger partial charge in [-0.25, -0.2) is 0 Å². The molecule has 0 amide bonds. The smallest absolute Gasteiger partial charge is 0.303 e. The van der Waals surface area contributed by atoms with Crippen LogP contribution in [0.5, 0.6) is 0 Å². The van der Waals surface area contributed by atoms with Gasteiger partial charge in [-0.15, -0.1) is 0 Å². The molecule has 1 N–H and O–H groups in total. The number of carboxylic acid groups (broad SMARTS) is 1. The van der Waals surface area contributed by atoms with Crippen LogP contribution < -0.4 is 0 Å². The Morgan fingerprint density at radius 3 is 2.12 bits per heavy atom. The minimum atomic E-state index is -0.658. The topological polar surface area (TPSA) is 37.3 Å². The van der Waals surface area contributed by atoms with E-state index in [1.165, 1.54) is 44.9 Å². The van der Waals surface area contributed by atoms with E-state index in [-0.39, 0.29) is 0 Å². The lowest BCUT2D eigenvalue weighted by Crippen LogP contribution is -2.16. The Bertz CT molecular complexity index is 201. The van der Waals surface area contributed by atoms with E-state index in [1.54, 1.807) is 0 Å².